The average Bonchev–Trinajstić information content (AvgIpc) is 3.11. The van der Waals surface area contributed by atoms with E-state index in [0.717, 1.165) is 6.42 Å². The van der Waals surface area contributed by atoms with E-state index >= 15 is 0 Å². The van der Waals surface area contributed by atoms with Gasteiger partial charge in [-0.1, -0.05) is 19.8 Å². The Bertz CT molecular complexity index is 457. The minimum Gasteiger partial charge on any atom is -0.326 e. The second kappa shape index (κ2) is 6.69. The molecule has 4 heteroatoms. The molecule has 1 aromatic rings. The molecule has 0 bridgehead atoms. The molecule has 2 aliphatic rings. The van der Waals surface area contributed by atoms with E-state index in [1.807, 2.05) is 11.3 Å². The number of nitrogens with zero attached hydrogens (tertiary/aromatic N) is 1. The summed E-state index contributed by atoms with van der Waals surface area (Å²) in [7, 11) is 0. The number of nitrogens with two attached hydrogens (primary N) is 1. The van der Waals surface area contributed by atoms with Crippen LogP contribution >= 0.6 is 27.3 Å². The molecular formula is C17H27BrN2S. The van der Waals surface area contributed by atoms with Gasteiger partial charge in [-0.15, -0.1) is 11.3 Å². The fraction of sp³-hybridized carbons (Fsp3) is 0.765. The topological polar surface area (TPSA) is 29.3 Å². The van der Waals surface area contributed by atoms with Crippen molar-refractivity contribution < 1.29 is 0 Å². The van der Waals surface area contributed by atoms with E-state index in [0.29, 0.717) is 11.5 Å². The van der Waals surface area contributed by atoms with Crippen LogP contribution in [-0.4, -0.2) is 24.0 Å². The Morgan fingerprint density at radius 2 is 1.90 bits per heavy atom. The molecule has 2 unspecified atom stereocenters. The smallest absolute Gasteiger partial charge is 0.0702 e. The van der Waals surface area contributed by atoms with Gasteiger partial charge < -0.3 is 5.73 Å². The Hall–Kier alpha value is 0.1000. The molecule has 3 rings (SSSR count). The molecule has 21 heavy (non-hydrogen) atoms. The SMILES string of the molecule is CCC(N)C(c1ccc(Br)s1)N1CCC2(CCCC2)CC1. The zero-order valence-corrected chi connectivity index (χ0v) is 15.4. The molecule has 2 N–H and O–H groups in total. The van der Waals surface area contributed by atoms with Crippen LogP contribution in [0, 0.1) is 5.41 Å². The lowest BCUT2D eigenvalue weighted by Crippen LogP contribution is -2.46. The lowest BCUT2D eigenvalue weighted by Gasteiger charge is -2.44. The van der Waals surface area contributed by atoms with E-state index in [4.69, 9.17) is 5.73 Å². The first kappa shape index (κ1) is 16.0. The van der Waals surface area contributed by atoms with Crippen molar-refractivity contribution in [3.8, 4) is 0 Å². The van der Waals surface area contributed by atoms with E-state index in [1.54, 1.807) is 0 Å². The minimum atomic E-state index is 0.244. The normalized spacial score (nSPS) is 25.3. The van der Waals surface area contributed by atoms with Gasteiger partial charge in [0.2, 0.25) is 0 Å². The minimum absolute atomic E-state index is 0.244. The van der Waals surface area contributed by atoms with Crippen molar-refractivity contribution >= 4 is 27.3 Å². The van der Waals surface area contributed by atoms with Crippen LogP contribution in [0.3, 0.4) is 0 Å². The molecule has 2 fully saturated rings. The van der Waals surface area contributed by atoms with E-state index in [1.165, 1.54) is 60.3 Å². The van der Waals surface area contributed by atoms with Gasteiger partial charge in [0.1, 0.15) is 0 Å². The van der Waals surface area contributed by atoms with Gasteiger partial charge in [0.15, 0.2) is 0 Å². The van der Waals surface area contributed by atoms with Crippen LogP contribution in [0.5, 0.6) is 0 Å². The Kier molecular flexibility index (Phi) is 5.09. The van der Waals surface area contributed by atoms with Crippen LogP contribution < -0.4 is 5.73 Å². The number of hydrogen-bond donors (Lipinski definition) is 1. The summed E-state index contributed by atoms with van der Waals surface area (Å²) in [6, 6.07) is 5.07. The third kappa shape index (κ3) is 3.39. The second-order valence-electron chi connectivity index (χ2n) is 6.90. The van der Waals surface area contributed by atoms with Gasteiger partial charge in [-0.05, 0) is 78.7 Å². The van der Waals surface area contributed by atoms with Crippen molar-refractivity contribution in [2.45, 2.75) is 64.0 Å². The van der Waals surface area contributed by atoms with Crippen LogP contribution in [0.15, 0.2) is 15.9 Å². The summed E-state index contributed by atoms with van der Waals surface area (Å²) in [5, 5.41) is 0. The summed E-state index contributed by atoms with van der Waals surface area (Å²) >= 11 is 5.46. The lowest BCUT2D eigenvalue weighted by atomic mass is 9.76. The molecule has 0 radical (unpaired) electrons. The number of hydrogen-bond acceptors (Lipinski definition) is 3. The van der Waals surface area contributed by atoms with Crippen LogP contribution in [0.1, 0.15) is 62.8 Å². The predicted octanol–water partition coefficient (Wildman–Crippen LogP) is 4.95. The predicted molar refractivity (Wildman–Crippen MR) is 94.7 cm³/mol. The number of thiophene rings is 1. The molecular weight excluding hydrogens is 344 g/mol. The molecule has 0 amide bonds. The van der Waals surface area contributed by atoms with Crippen LogP contribution in [-0.2, 0) is 0 Å². The van der Waals surface area contributed by atoms with E-state index in [-0.39, 0.29) is 6.04 Å². The summed E-state index contributed by atoms with van der Waals surface area (Å²) < 4.78 is 1.22. The summed E-state index contributed by atoms with van der Waals surface area (Å²) in [6.07, 6.45) is 9.65. The summed E-state index contributed by atoms with van der Waals surface area (Å²) in [5.41, 5.74) is 7.17. The molecule has 1 aliphatic heterocycles. The zero-order valence-electron chi connectivity index (χ0n) is 13.0. The Morgan fingerprint density at radius 1 is 1.24 bits per heavy atom. The zero-order chi connectivity index (χ0) is 14.9. The number of piperidine rings is 1. The molecule has 1 saturated carbocycles. The van der Waals surface area contributed by atoms with E-state index in [2.05, 4.69) is 39.9 Å². The Morgan fingerprint density at radius 3 is 2.43 bits per heavy atom. The molecule has 2 atom stereocenters. The monoisotopic (exact) mass is 370 g/mol. The first-order valence-electron chi connectivity index (χ1n) is 8.38. The van der Waals surface area contributed by atoms with Crippen LogP contribution in [0.25, 0.3) is 0 Å². The van der Waals surface area contributed by atoms with E-state index in [9.17, 15) is 0 Å². The average molecular weight is 371 g/mol. The molecule has 1 aromatic heterocycles. The maximum absolute atomic E-state index is 6.48. The van der Waals surface area contributed by atoms with Gasteiger partial charge in [-0.2, -0.15) is 0 Å². The largest absolute Gasteiger partial charge is 0.326 e. The standard InChI is InChI=1S/C17H27BrN2S/c1-2-13(19)16(14-5-6-15(18)21-14)20-11-9-17(10-12-20)7-3-4-8-17/h5-6,13,16H,2-4,7-12,19H2,1H3. The number of rotatable bonds is 4. The number of halogens is 1. The van der Waals surface area contributed by atoms with Crippen LogP contribution in [0.2, 0.25) is 0 Å². The Balaban J connectivity index is 1.72. The van der Waals surface area contributed by atoms with E-state index < -0.39 is 0 Å². The van der Waals surface area contributed by atoms with Crippen LogP contribution in [0.4, 0.5) is 0 Å². The van der Waals surface area contributed by atoms with Gasteiger partial charge in [-0.25, -0.2) is 0 Å². The van der Waals surface area contributed by atoms with Gasteiger partial charge >= 0.3 is 0 Å². The lowest BCUT2D eigenvalue weighted by molar-refractivity contribution is 0.0663. The van der Waals surface area contributed by atoms with Crippen molar-refractivity contribution in [3.05, 3.63) is 20.8 Å². The van der Waals surface area contributed by atoms with Gasteiger partial charge in [0.05, 0.1) is 9.83 Å². The van der Waals surface area contributed by atoms with Crippen molar-refractivity contribution in [2.24, 2.45) is 11.1 Å². The molecule has 1 spiro atoms. The molecule has 2 nitrogen and oxygen atoms in total. The van der Waals surface area contributed by atoms with Crippen molar-refractivity contribution in [1.29, 1.82) is 0 Å². The van der Waals surface area contributed by atoms with Crippen molar-refractivity contribution in [3.63, 3.8) is 0 Å². The third-order valence-electron chi connectivity index (χ3n) is 5.68. The highest BCUT2D eigenvalue weighted by molar-refractivity contribution is 9.11. The first-order chi connectivity index (χ1) is 10.1. The molecule has 1 aliphatic carbocycles. The van der Waals surface area contributed by atoms with Gasteiger partial charge in [0, 0.05) is 10.9 Å². The van der Waals surface area contributed by atoms with Crippen molar-refractivity contribution in [1.82, 2.24) is 4.90 Å². The summed E-state index contributed by atoms with van der Waals surface area (Å²) in [5.74, 6) is 0. The first-order valence-corrected chi connectivity index (χ1v) is 9.99. The quantitative estimate of drug-likeness (QED) is 0.812. The van der Waals surface area contributed by atoms with Gasteiger partial charge in [-0.3, -0.25) is 4.90 Å². The van der Waals surface area contributed by atoms with Gasteiger partial charge in [0.25, 0.3) is 0 Å². The maximum Gasteiger partial charge on any atom is 0.0702 e. The third-order valence-corrected chi connectivity index (χ3v) is 7.37. The highest BCUT2D eigenvalue weighted by Gasteiger charge is 2.39. The Labute approximate surface area is 141 Å². The highest BCUT2D eigenvalue weighted by Crippen LogP contribution is 2.47. The molecule has 118 valence electrons. The highest BCUT2D eigenvalue weighted by atomic mass is 79.9. The van der Waals surface area contributed by atoms with Crippen molar-refractivity contribution in [2.75, 3.05) is 13.1 Å². The molecule has 0 aromatic carbocycles. The maximum atomic E-state index is 6.48. The molecule has 2 heterocycles. The number of likely N-dealkylation sites (tertiary alicyclic amines) is 1. The summed E-state index contributed by atoms with van der Waals surface area (Å²) in [6.45, 7) is 4.67. The second-order valence-corrected chi connectivity index (χ2v) is 9.40. The summed E-state index contributed by atoms with van der Waals surface area (Å²) in [4.78, 5) is 4.09. The fourth-order valence-electron chi connectivity index (χ4n) is 4.27. The fourth-order valence-corrected chi connectivity index (χ4v) is 5.91. The molecule has 1 saturated heterocycles.